The molecule has 25 heavy (non-hydrogen) atoms. The van der Waals surface area contributed by atoms with Crippen molar-refractivity contribution < 1.29 is 14.6 Å². The minimum Gasteiger partial charge on any atom is -0.494 e. The fraction of sp³-hybridized carbons (Fsp3) is 0.450. The van der Waals surface area contributed by atoms with Crippen LogP contribution in [0.3, 0.4) is 0 Å². The number of benzene rings is 1. The Balaban J connectivity index is 1.82. The lowest BCUT2D eigenvalue weighted by Crippen LogP contribution is -2.26. The monoisotopic (exact) mass is 342 g/mol. The Morgan fingerprint density at radius 3 is 2.96 bits per heavy atom. The Morgan fingerprint density at radius 2 is 2.24 bits per heavy atom. The Hall–Kier alpha value is -2.11. The van der Waals surface area contributed by atoms with E-state index in [0.717, 1.165) is 35.6 Å². The van der Waals surface area contributed by atoms with Crippen LogP contribution in [0.1, 0.15) is 30.5 Å². The van der Waals surface area contributed by atoms with Gasteiger partial charge in [-0.1, -0.05) is 6.07 Å². The van der Waals surface area contributed by atoms with Crippen molar-refractivity contribution in [1.82, 2.24) is 9.88 Å². The molecule has 5 nitrogen and oxygen atoms in total. The molecule has 5 heteroatoms. The first-order valence-electron chi connectivity index (χ1n) is 8.87. The molecule has 1 N–H and O–H groups in total. The van der Waals surface area contributed by atoms with Crippen molar-refractivity contribution in [2.24, 2.45) is 0 Å². The molecule has 0 saturated carbocycles. The topological polar surface area (TPSA) is 54.8 Å². The minimum atomic E-state index is 0.114. The van der Waals surface area contributed by atoms with Crippen LogP contribution in [0.2, 0.25) is 0 Å². The zero-order chi connectivity index (χ0) is 17.6. The summed E-state index contributed by atoms with van der Waals surface area (Å²) in [6.07, 6.45) is 4.77. The summed E-state index contributed by atoms with van der Waals surface area (Å²) in [6, 6.07) is 8.19. The van der Waals surface area contributed by atoms with Gasteiger partial charge < -0.3 is 14.6 Å². The van der Waals surface area contributed by atoms with Crippen molar-refractivity contribution in [3.63, 3.8) is 0 Å². The van der Waals surface area contributed by atoms with Crippen molar-refractivity contribution in [1.29, 1.82) is 0 Å². The van der Waals surface area contributed by atoms with Crippen molar-refractivity contribution in [2.75, 3.05) is 19.8 Å². The van der Waals surface area contributed by atoms with Crippen molar-refractivity contribution >= 4 is 0 Å². The third-order valence-corrected chi connectivity index (χ3v) is 4.32. The Kier molecular flexibility index (Phi) is 5.89. The molecule has 134 valence electrons. The molecule has 0 saturated heterocycles. The van der Waals surface area contributed by atoms with Crippen LogP contribution in [0.15, 0.2) is 36.7 Å². The molecule has 1 atom stereocenters. The van der Waals surface area contributed by atoms with Crippen LogP contribution in [0, 0.1) is 0 Å². The number of fused-ring (bicyclic) bond motifs is 1. The van der Waals surface area contributed by atoms with E-state index in [9.17, 15) is 5.11 Å². The van der Waals surface area contributed by atoms with E-state index >= 15 is 0 Å². The van der Waals surface area contributed by atoms with Crippen LogP contribution >= 0.6 is 0 Å². The molecule has 1 aliphatic rings. The van der Waals surface area contributed by atoms with Gasteiger partial charge in [0.2, 0.25) is 0 Å². The first-order valence-corrected chi connectivity index (χ1v) is 8.87. The van der Waals surface area contributed by atoms with Crippen LogP contribution in [0.25, 0.3) is 0 Å². The number of aliphatic hydroxyl groups is 1. The predicted molar refractivity (Wildman–Crippen MR) is 96.8 cm³/mol. The van der Waals surface area contributed by atoms with Gasteiger partial charge in [0, 0.05) is 49.6 Å². The summed E-state index contributed by atoms with van der Waals surface area (Å²) in [5.41, 5.74) is 3.42. The predicted octanol–water partition coefficient (Wildman–Crippen LogP) is 2.80. The quantitative estimate of drug-likeness (QED) is 0.799. The molecule has 0 aliphatic carbocycles. The number of ether oxygens (including phenoxy) is 2. The molecule has 3 rings (SSSR count). The fourth-order valence-electron chi connectivity index (χ4n) is 3.24. The number of rotatable bonds is 8. The van der Waals surface area contributed by atoms with Gasteiger partial charge in [0.25, 0.3) is 0 Å². The summed E-state index contributed by atoms with van der Waals surface area (Å²) in [7, 11) is 0. The first kappa shape index (κ1) is 17.7. The molecule has 0 amide bonds. The number of hydrogen-bond donors (Lipinski definition) is 1. The maximum atomic E-state index is 9.44. The number of aromatic nitrogens is 1. The second-order valence-corrected chi connectivity index (χ2v) is 6.43. The van der Waals surface area contributed by atoms with Gasteiger partial charge in [-0.2, -0.15) is 0 Å². The number of nitrogens with zero attached hydrogens (tertiary/aromatic N) is 2. The van der Waals surface area contributed by atoms with Gasteiger partial charge in [0.05, 0.1) is 13.2 Å². The summed E-state index contributed by atoms with van der Waals surface area (Å²) in [6.45, 7) is 6.84. The normalized spacial score (nSPS) is 15.9. The van der Waals surface area contributed by atoms with Gasteiger partial charge in [0.15, 0.2) is 0 Å². The smallest absolute Gasteiger partial charge is 0.124 e. The molecule has 0 spiro atoms. The number of pyridine rings is 1. The maximum Gasteiger partial charge on any atom is 0.124 e. The molecule has 0 radical (unpaired) electrons. The van der Waals surface area contributed by atoms with Gasteiger partial charge in [0.1, 0.15) is 17.6 Å². The minimum absolute atomic E-state index is 0.114. The van der Waals surface area contributed by atoms with Crippen molar-refractivity contribution in [3.8, 4) is 11.5 Å². The second-order valence-electron chi connectivity index (χ2n) is 6.43. The highest BCUT2D eigenvalue weighted by Crippen LogP contribution is 2.35. The Labute approximate surface area is 149 Å². The molecular weight excluding hydrogens is 316 g/mol. The lowest BCUT2D eigenvalue weighted by atomic mass is 10.1. The summed E-state index contributed by atoms with van der Waals surface area (Å²) < 4.78 is 11.8. The van der Waals surface area contributed by atoms with E-state index in [1.165, 1.54) is 5.56 Å². The molecule has 2 heterocycles. The zero-order valence-electron chi connectivity index (χ0n) is 14.9. The standard InChI is InChI=1S/C20H26N2O3/c1-3-24-19-10-17-9-15(2)25-20(17)11-18(19)14-22(7-8-23)13-16-5-4-6-21-12-16/h4-6,10-12,15,23H,3,7-9,13-14H2,1-2H3. The van der Waals surface area contributed by atoms with Crippen LogP contribution in [-0.2, 0) is 19.5 Å². The zero-order valence-corrected chi connectivity index (χ0v) is 14.9. The van der Waals surface area contributed by atoms with E-state index in [2.05, 4.69) is 28.9 Å². The summed E-state index contributed by atoms with van der Waals surface area (Å²) in [4.78, 5) is 6.37. The van der Waals surface area contributed by atoms with Gasteiger partial charge in [-0.3, -0.25) is 9.88 Å². The second kappa shape index (κ2) is 8.32. The highest BCUT2D eigenvalue weighted by atomic mass is 16.5. The van der Waals surface area contributed by atoms with Gasteiger partial charge in [-0.15, -0.1) is 0 Å². The maximum absolute atomic E-state index is 9.44. The number of hydrogen-bond acceptors (Lipinski definition) is 5. The summed E-state index contributed by atoms with van der Waals surface area (Å²) in [5.74, 6) is 1.87. The average molecular weight is 342 g/mol. The van der Waals surface area contributed by atoms with Crippen LogP contribution in [0.4, 0.5) is 0 Å². The van der Waals surface area contributed by atoms with Gasteiger partial charge in [-0.05, 0) is 37.6 Å². The lowest BCUT2D eigenvalue weighted by Gasteiger charge is -2.23. The van der Waals surface area contributed by atoms with E-state index in [1.807, 2.05) is 25.3 Å². The first-order chi connectivity index (χ1) is 12.2. The summed E-state index contributed by atoms with van der Waals surface area (Å²) >= 11 is 0. The highest BCUT2D eigenvalue weighted by molar-refractivity contribution is 5.48. The lowest BCUT2D eigenvalue weighted by molar-refractivity contribution is 0.182. The van der Waals surface area contributed by atoms with Crippen molar-refractivity contribution in [2.45, 2.75) is 39.5 Å². The molecule has 1 unspecified atom stereocenters. The van der Waals surface area contributed by atoms with E-state index in [-0.39, 0.29) is 12.7 Å². The van der Waals surface area contributed by atoms with E-state index < -0.39 is 0 Å². The average Bonchev–Trinajstić information content (AvgIpc) is 2.95. The highest BCUT2D eigenvalue weighted by Gasteiger charge is 2.22. The molecule has 1 aromatic heterocycles. The fourth-order valence-corrected chi connectivity index (χ4v) is 3.24. The SMILES string of the molecule is CCOc1cc2c(cc1CN(CCO)Cc1cccnc1)OC(C)C2. The number of aliphatic hydroxyl groups excluding tert-OH is 1. The third kappa shape index (κ3) is 4.50. The largest absolute Gasteiger partial charge is 0.494 e. The third-order valence-electron chi connectivity index (χ3n) is 4.32. The van der Waals surface area contributed by atoms with E-state index in [4.69, 9.17) is 9.47 Å². The Morgan fingerprint density at radius 1 is 1.36 bits per heavy atom. The van der Waals surface area contributed by atoms with Crippen LogP contribution in [0.5, 0.6) is 11.5 Å². The molecular formula is C20H26N2O3. The molecule has 2 aromatic rings. The van der Waals surface area contributed by atoms with Crippen LogP contribution < -0.4 is 9.47 Å². The van der Waals surface area contributed by atoms with Gasteiger partial charge >= 0.3 is 0 Å². The van der Waals surface area contributed by atoms with Crippen molar-refractivity contribution in [3.05, 3.63) is 53.3 Å². The molecule has 0 fully saturated rings. The van der Waals surface area contributed by atoms with Crippen LogP contribution in [-0.4, -0.2) is 40.9 Å². The van der Waals surface area contributed by atoms with E-state index in [1.54, 1.807) is 6.20 Å². The molecule has 1 aliphatic heterocycles. The van der Waals surface area contributed by atoms with Gasteiger partial charge in [-0.25, -0.2) is 0 Å². The Bertz CT molecular complexity index is 691. The molecule has 1 aromatic carbocycles. The summed E-state index contributed by atoms with van der Waals surface area (Å²) in [5, 5.41) is 9.44. The van der Waals surface area contributed by atoms with E-state index in [0.29, 0.717) is 19.7 Å². The molecule has 0 bridgehead atoms.